The molecule has 0 heterocycles. The van der Waals surface area contributed by atoms with Crippen LogP contribution in [0.2, 0.25) is 0 Å². The first-order valence-corrected chi connectivity index (χ1v) is 28.7. The fourth-order valence-corrected chi connectivity index (χ4v) is 7.44. The van der Waals surface area contributed by atoms with Gasteiger partial charge in [0.05, 0.1) is 0 Å². The molecular weight excluding hydrogens is 877 g/mol. The summed E-state index contributed by atoms with van der Waals surface area (Å²) in [6.07, 6.45) is 81.9. The van der Waals surface area contributed by atoms with Crippen LogP contribution in [0.25, 0.3) is 0 Å². The quantitative estimate of drug-likeness (QED) is 0.0262. The van der Waals surface area contributed by atoms with Crippen LogP contribution in [-0.2, 0) is 28.6 Å². The number of ether oxygens (including phenoxy) is 3. The number of unbranched alkanes of at least 4 members (excludes halogenated alkanes) is 17. The van der Waals surface area contributed by atoms with Crippen molar-refractivity contribution in [2.75, 3.05) is 13.2 Å². The fraction of sp³-hybridized carbons (Fsp3) is 0.615. The SMILES string of the molecule is CC/C=C\C/C=C\C/C=C\C/C=C\C/C=C\C/C=C\C/C=C\CCCCCCCCCCCC(=O)OCC(COC(=O)CCCCCCCCCCC)OC(=O)CC/C=C\C/C=C\C/C=C\C/C=C\CC. The molecule has 0 saturated carbocycles. The first kappa shape index (κ1) is 66.6. The number of esters is 3. The van der Waals surface area contributed by atoms with Crippen LogP contribution in [0.4, 0.5) is 0 Å². The summed E-state index contributed by atoms with van der Waals surface area (Å²) in [6.45, 7) is 6.31. The Kier molecular flexibility index (Phi) is 54.5. The zero-order valence-electron chi connectivity index (χ0n) is 45.7. The summed E-state index contributed by atoms with van der Waals surface area (Å²) in [6, 6.07) is 0. The average molecular weight is 982 g/mol. The van der Waals surface area contributed by atoms with Gasteiger partial charge in [-0.2, -0.15) is 0 Å². The summed E-state index contributed by atoms with van der Waals surface area (Å²) in [5, 5.41) is 0. The molecule has 0 radical (unpaired) electrons. The molecule has 6 nitrogen and oxygen atoms in total. The van der Waals surface area contributed by atoms with Gasteiger partial charge in [-0.25, -0.2) is 0 Å². The van der Waals surface area contributed by atoms with Crippen LogP contribution in [0.1, 0.15) is 239 Å². The third-order valence-corrected chi connectivity index (χ3v) is 11.7. The normalized spacial score (nSPS) is 13.1. The molecule has 0 aromatic rings. The molecule has 1 unspecified atom stereocenters. The van der Waals surface area contributed by atoms with Crippen molar-refractivity contribution in [2.24, 2.45) is 0 Å². The van der Waals surface area contributed by atoms with Crippen molar-refractivity contribution in [1.82, 2.24) is 0 Å². The molecule has 0 aliphatic carbocycles. The molecule has 0 aliphatic heterocycles. The lowest BCUT2D eigenvalue weighted by molar-refractivity contribution is -0.166. The number of carbonyl (C=O) groups is 3. The molecule has 6 heteroatoms. The van der Waals surface area contributed by atoms with Crippen molar-refractivity contribution in [3.05, 3.63) is 134 Å². The van der Waals surface area contributed by atoms with Gasteiger partial charge < -0.3 is 14.2 Å². The van der Waals surface area contributed by atoms with Crippen LogP contribution in [0.15, 0.2) is 134 Å². The Morgan fingerprint density at radius 1 is 0.296 bits per heavy atom. The van der Waals surface area contributed by atoms with E-state index in [9.17, 15) is 14.4 Å². The second kappa shape index (κ2) is 58.1. The molecule has 71 heavy (non-hydrogen) atoms. The highest BCUT2D eigenvalue weighted by Crippen LogP contribution is 2.14. The summed E-state index contributed by atoms with van der Waals surface area (Å²) in [5.41, 5.74) is 0. The van der Waals surface area contributed by atoms with E-state index in [2.05, 4.69) is 142 Å². The van der Waals surface area contributed by atoms with Gasteiger partial charge in [0.1, 0.15) is 13.2 Å². The van der Waals surface area contributed by atoms with Gasteiger partial charge in [-0.3, -0.25) is 14.4 Å². The molecule has 0 rings (SSSR count). The maximum absolute atomic E-state index is 12.7. The monoisotopic (exact) mass is 981 g/mol. The van der Waals surface area contributed by atoms with E-state index >= 15 is 0 Å². The van der Waals surface area contributed by atoms with Crippen LogP contribution in [0.5, 0.6) is 0 Å². The van der Waals surface area contributed by atoms with Crippen LogP contribution in [-0.4, -0.2) is 37.2 Å². The maximum Gasteiger partial charge on any atom is 0.306 e. The third-order valence-electron chi connectivity index (χ3n) is 11.7. The van der Waals surface area contributed by atoms with E-state index in [-0.39, 0.29) is 31.6 Å². The topological polar surface area (TPSA) is 78.9 Å². The average Bonchev–Trinajstić information content (AvgIpc) is 3.37. The number of carbonyl (C=O) groups excluding carboxylic acids is 3. The minimum Gasteiger partial charge on any atom is -0.462 e. The third kappa shape index (κ3) is 56.3. The summed E-state index contributed by atoms with van der Waals surface area (Å²) in [5.74, 6) is -1.01. The molecular formula is C65H104O6. The van der Waals surface area contributed by atoms with E-state index in [4.69, 9.17) is 14.2 Å². The van der Waals surface area contributed by atoms with Gasteiger partial charge in [0.25, 0.3) is 0 Å². The lowest BCUT2D eigenvalue weighted by Crippen LogP contribution is -2.30. The highest BCUT2D eigenvalue weighted by Gasteiger charge is 2.19. The van der Waals surface area contributed by atoms with Crippen molar-refractivity contribution in [3.63, 3.8) is 0 Å². The molecule has 0 amide bonds. The Morgan fingerprint density at radius 3 is 0.915 bits per heavy atom. The Bertz CT molecular complexity index is 1550. The maximum atomic E-state index is 12.7. The zero-order valence-corrected chi connectivity index (χ0v) is 45.7. The molecule has 1 atom stereocenters. The summed E-state index contributed by atoms with van der Waals surface area (Å²) in [7, 11) is 0. The number of hydrogen-bond donors (Lipinski definition) is 0. The first-order valence-electron chi connectivity index (χ1n) is 28.7. The second-order valence-corrected chi connectivity index (χ2v) is 18.4. The molecule has 0 fully saturated rings. The van der Waals surface area contributed by atoms with E-state index in [1.165, 1.54) is 77.0 Å². The predicted molar refractivity (Wildman–Crippen MR) is 306 cm³/mol. The first-order chi connectivity index (χ1) is 35.0. The Hall–Kier alpha value is -4.45. The van der Waals surface area contributed by atoms with Gasteiger partial charge in [0, 0.05) is 19.3 Å². The van der Waals surface area contributed by atoms with E-state index in [0.29, 0.717) is 19.3 Å². The van der Waals surface area contributed by atoms with Crippen LogP contribution in [0.3, 0.4) is 0 Å². The Morgan fingerprint density at radius 2 is 0.577 bits per heavy atom. The van der Waals surface area contributed by atoms with E-state index < -0.39 is 12.1 Å². The largest absolute Gasteiger partial charge is 0.462 e. The van der Waals surface area contributed by atoms with Gasteiger partial charge in [-0.15, -0.1) is 0 Å². The van der Waals surface area contributed by atoms with Crippen molar-refractivity contribution in [3.8, 4) is 0 Å². The molecule has 0 saturated heterocycles. The van der Waals surface area contributed by atoms with Crippen molar-refractivity contribution in [2.45, 2.75) is 245 Å². The highest BCUT2D eigenvalue weighted by atomic mass is 16.6. The summed E-state index contributed by atoms with van der Waals surface area (Å²) < 4.78 is 16.7. The molecule has 0 N–H and O–H groups in total. The van der Waals surface area contributed by atoms with Crippen LogP contribution in [0, 0.1) is 0 Å². The van der Waals surface area contributed by atoms with Crippen molar-refractivity contribution >= 4 is 17.9 Å². The van der Waals surface area contributed by atoms with Gasteiger partial charge in [0.2, 0.25) is 0 Å². The smallest absolute Gasteiger partial charge is 0.306 e. The highest BCUT2D eigenvalue weighted by molar-refractivity contribution is 5.71. The van der Waals surface area contributed by atoms with E-state index in [1.54, 1.807) is 0 Å². The summed E-state index contributed by atoms with van der Waals surface area (Å²) >= 11 is 0. The molecule has 0 spiro atoms. The predicted octanol–water partition coefficient (Wildman–Crippen LogP) is 19.4. The fourth-order valence-electron chi connectivity index (χ4n) is 7.44. The standard InChI is InChI=1S/C65H104O6/c1-4-7-10-13-16-19-21-23-24-25-26-27-28-29-30-31-32-33-34-35-36-37-38-39-40-42-43-46-49-52-55-58-64(67)70-61-62(60-69-63(66)57-54-51-48-45-18-15-12-9-6-3)71-65(68)59-56-53-50-47-44-41-22-20-17-14-11-8-5-2/h7-8,10-11,16-17,19-20,23-24,26-27,29-30,32-33,35-36,41,44,50,53,62H,4-6,9,12-15,18,21-22,25,28,31,34,37-40,42-43,45-49,51-52,54-61H2,1-3H3/b10-7-,11-8-,19-16-,20-17-,24-23-,27-26-,30-29-,33-32-,36-35-,44-41-,53-50-. The molecule has 0 aromatic carbocycles. The van der Waals surface area contributed by atoms with E-state index in [0.717, 1.165) is 116 Å². The Labute approximate surface area is 436 Å². The van der Waals surface area contributed by atoms with Gasteiger partial charge in [0.15, 0.2) is 6.10 Å². The second-order valence-electron chi connectivity index (χ2n) is 18.4. The lowest BCUT2D eigenvalue weighted by atomic mass is 10.1. The number of rotatable bonds is 50. The van der Waals surface area contributed by atoms with Crippen LogP contribution >= 0.6 is 0 Å². The van der Waals surface area contributed by atoms with Gasteiger partial charge >= 0.3 is 17.9 Å². The number of hydrogen-bond acceptors (Lipinski definition) is 6. The van der Waals surface area contributed by atoms with Gasteiger partial charge in [-0.1, -0.05) is 251 Å². The minimum atomic E-state index is -0.819. The molecule has 0 aliphatic rings. The van der Waals surface area contributed by atoms with Crippen molar-refractivity contribution < 1.29 is 28.6 Å². The number of allylic oxidation sites excluding steroid dienone is 22. The minimum absolute atomic E-state index is 0.110. The van der Waals surface area contributed by atoms with Crippen molar-refractivity contribution in [1.29, 1.82) is 0 Å². The molecule has 400 valence electrons. The van der Waals surface area contributed by atoms with Gasteiger partial charge in [-0.05, 0) is 103 Å². The molecule has 0 aromatic heterocycles. The van der Waals surface area contributed by atoms with Crippen LogP contribution < -0.4 is 0 Å². The summed E-state index contributed by atoms with van der Waals surface area (Å²) in [4.78, 5) is 37.9. The Balaban J connectivity index is 4.23. The lowest BCUT2D eigenvalue weighted by Gasteiger charge is -2.18. The van der Waals surface area contributed by atoms with E-state index in [1.807, 2.05) is 12.2 Å². The molecule has 0 bridgehead atoms. The zero-order chi connectivity index (χ0) is 51.4.